The van der Waals surface area contributed by atoms with Crippen molar-refractivity contribution in [2.45, 2.75) is 51.0 Å². The first-order valence-corrected chi connectivity index (χ1v) is 8.90. The van der Waals surface area contributed by atoms with Gasteiger partial charge in [-0.15, -0.1) is 0 Å². The van der Waals surface area contributed by atoms with Crippen molar-refractivity contribution < 1.29 is 0 Å². The van der Waals surface area contributed by atoms with Crippen LogP contribution in [-0.2, 0) is 6.42 Å². The Morgan fingerprint density at radius 3 is 2.43 bits per heavy atom. The Labute approximate surface area is 129 Å². The van der Waals surface area contributed by atoms with E-state index in [1.54, 1.807) is 0 Å². The first-order valence-electron chi connectivity index (χ1n) is 8.90. The minimum absolute atomic E-state index is 0.874. The molecule has 0 amide bonds. The van der Waals surface area contributed by atoms with E-state index < -0.39 is 0 Å². The average Bonchev–Trinajstić information content (AvgIpc) is 3.34. The maximum Gasteiger partial charge on any atom is 0.00682 e. The van der Waals surface area contributed by atoms with Crippen LogP contribution in [0.3, 0.4) is 0 Å². The van der Waals surface area contributed by atoms with Gasteiger partial charge in [-0.2, -0.15) is 0 Å². The number of unbranched alkanes of at least 4 members (excludes halogenated alkanes) is 1. The summed E-state index contributed by atoms with van der Waals surface area (Å²) < 4.78 is 0. The van der Waals surface area contributed by atoms with Crippen molar-refractivity contribution in [2.75, 3.05) is 26.2 Å². The lowest BCUT2D eigenvalue weighted by Crippen LogP contribution is -2.35. The number of piperidine rings is 1. The molecule has 0 spiro atoms. The topological polar surface area (TPSA) is 15.3 Å². The fraction of sp³-hybridized carbons (Fsp3) is 0.684. The number of rotatable bonds is 8. The molecule has 21 heavy (non-hydrogen) atoms. The van der Waals surface area contributed by atoms with Gasteiger partial charge in [0.1, 0.15) is 0 Å². The van der Waals surface area contributed by atoms with Crippen molar-refractivity contribution in [1.82, 2.24) is 10.2 Å². The third-order valence-corrected chi connectivity index (χ3v) is 4.99. The fourth-order valence-electron chi connectivity index (χ4n) is 3.42. The second-order valence-corrected chi connectivity index (χ2v) is 6.91. The summed E-state index contributed by atoms with van der Waals surface area (Å²) in [6, 6.07) is 11.9. The fourth-order valence-corrected chi connectivity index (χ4v) is 3.42. The van der Waals surface area contributed by atoms with E-state index in [1.165, 1.54) is 76.7 Å². The Kier molecular flexibility index (Phi) is 5.70. The lowest BCUT2D eigenvalue weighted by Gasteiger charge is -2.32. The highest BCUT2D eigenvalue weighted by Crippen LogP contribution is 2.22. The molecular formula is C19H30N2. The van der Waals surface area contributed by atoms with Gasteiger partial charge in [-0.05, 0) is 82.6 Å². The van der Waals surface area contributed by atoms with E-state index >= 15 is 0 Å². The highest BCUT2D eigenvalue weighted by Gasteiger charge is 2.20. The molecule has 0 bridgehead atoms. The normalized spacial score (nSPS) is 20.8. The van der Waals surface area contributed by atoms with Gasteiger partial charge in [0.25, 0.3) is 0 Å². The molecule has 1 heterocycles. The van der Waals surface area contributed by atoms with Gasteiger partial charge < -0.3 is 10.2 Å². The molecule has 0 atom stereocenters. The third kappa shape index (κ3) is 5.44. The summed E-state index contributed by atoms with van der Waals surface area (Å²) in [6.07, 6.45) is 9.58. The zero-order chi connectivity index (χ0) is 14.3. The summed E-state index contributed by atoms with van der Waals surface area (Å²) in [7, 11) is 0. The number of benzene rings is 1. The molecule has 116 valence electrons. The highest BCUT2D eigenvalue weighted by molar-refractivity contribution is 5.15. The number of likely N-dealkylation sites (tertiary alicyclic amines) is 1. The summed E-state index contributed by atoms with van der Waals surface area (Å²) in [5, 5.41) is 3.61. The van der Waals surface area contributed by atoms with Gasteiger partial charge in [0.15, 0.2) is 0 Å². The molecule has 1 aromatic carbocycles. The van der Waals surface area contributed by atoms with Crippen molar-refractivity contribution >= 4 is 0 Å². The standard InChI is InChI=1S/C19H30N2/c1-2-6-17(7-3-1)16-18-10-14-21(15-11-18)13-5-4-12-20-19-8-9-19/h1-3,6-7,18-20H,4-5,8-16H2. The van der Waals surface area contributed by atoms with Gasteiger partial charge in [-0.25, -0.2) is 0 Å². The average molecular weight is 286 g/mol. The lowest BCUT2D eigenvalue weighted by atomic mass is 9.90. The van der Waals surface area contributed by atoms with Gasteiger partial charge in [-0.1, -0.05) is 30.3 Å². The van der Waals surface area contributed by atoms with Crippen LogP contribution in [0.1, 0.15) is 44.1 Å². The molecule has 0 unspecified atom stereocenters. The van der Waals surface area contributed by atoms with Crippen LogP contribution in [-0.4, -0.2) is 37.1 Å². The van der Waals surface area contributed by atoms with Crippen LogP contribution in [0.2, 0.25) is 0 Å². The van der Waals surface area contributed by atoms with Crippen LogP contribution in [0.4, 0.5) is 0 Å². The van der Waals surface area contributed by atoms with E-state index in [9.17, 15) is 0 Å². The molecule has 1 saturated carbocycles. The summed E-state index contributed by atoms with van der Waals surface area (Å²) in [5.41, 5.74) is 1.52. The largest absolute Gasteiger partial charge is 0.314 e. The maximum absolute atomic E-state index is 3.61. The monoisotopic (exact) mass is 286 g/mol. The first kappa shape index (κ1) is 15.1. The van der Waals surface area contributed by atoms with Gasteiger partial charge in [-0.3, -0.25) is 0 Å². The Bertz CT molecular complexity index is 391. The van der Waals surface area contributed by atoms with Crippen molar-refractivity contribution in [3.8, 4) is 0 Å². The van der Waals surface area contributed by atoms with Crippen molar-refractivity contribution in [1.29, 1.82) is 0 Å². The smallest absolute Gasteiger partial charge is 0.00682 e. The molecule has 1 aliphatic carbocycles. The Morgan fingerprint density at radius 2 is 1.71 bits per heavy atom. The van der Waals surface area contributed by atoms with Crippen LogP contribution >= 0.6 is 0 Å². The molecule has 0 radical (unpaired) electrons. The van der Waals surface area contributed by atoms with E-state index in [-0.39, 0.29) is 0 Å². The SMILES string of the molecule is c1ccc(CC2CCN(CCCCNC3CC3)CC2)cc1. The van der Waals surface area contributed by atoms with Gasteiger partial charge in [0.05, 0.1) is 0 Å². The second kappa shape index (κ2) is 7.95. The maximum atomic E-state index is 3.61. The van der Waals surface area contributed by atoms with E-state index in [4.69, 9.17) is 0 Å². The number of nitrogens with one attached hydrogen (secondary N) is 1. The zero-order valence-electron chi connectivity index (χ0n) is 13.3. The zero-order valence-corrected chi connectivity index (χ0v) is 13.3. The highest BCUT2D eigenvalue weighted by atomic mass is 15.1. The summed E-state index contributed by atoms with van der Waals surface area (Å²) in [5.74, 6) is 0.903. The molecule has 1 aliphatic heterocycles. The predicted octanol–water partition coefficient (Wildman–Crippen LogP) is 3.47. The van der Waals surface area contributed by atoms with E-state index in [0.717, 1.165) is 12.0 Å². The van der Waals surface area contributed by atoms with Gasteiger partial charge >= 0.3 is 0 Å². The number of hydrogen-bond acceptors (Lipinski definition) is 2. The van der Waals surface area contributed by atoms with E-state index in [0.29, 0.717) is 0 Å². The quantitative estimate of drug-likeness (QED) is 0.736. The second-order valence-electron chi connectivity index (χ2n) is 6.91. The summed E-state index contributed by atoms with van der Waals surface area (Å²) in [6.45, 7) is 5.17. The van der Waals surface area contributed by atoms with E-state index in [1.807, 2.05) is 0 Å². The molecule has 1 N–H and O–H groups in total. The summed E-state index contributed by atoms with van der Waals surface area (Å²) in [4.78, 5) is 2.68. The minimum Gasteiger partial charge on any atom is -0.314 e. The van der Waals surface area contributed by atoms with Crippen LogP contribution in [0.15, 0.2) is 30.3 Å². The van der Waals surface area contributed by atoms with Crippen molar-refractivity contribution in [2.24, 2.45) is 5.92 Å². The van der Waals surface area contributed by atoms with Crippen LogP contribution in [0.5, 0.6) is 0 Å². The van der Waals surface area contributed by atoms with Crippen LogP contribution < -0.4 is 5.32 Å². The van der Waals surface area contributed by atoms with Crippen LogP contribution in [0.25, 0.3) is 0 Å². The van der Waals surface area contributed by atoms with Gasteiger partial charge in [0.2, 0.25) is 0 Å². The molecule has 3 rings (SSSR count). The first-order chi connectivity index (χ1) is 10.4. The van der Waals surface area contributed by atoms with Crippen molar-refractivity contribution in [3.05, 3.63) is 35.9 Å². The predicted molar refractivity (Wildman–Crippen MR) is 89.6 cm³/mol. The van der Waals surface area contributed by atoms with Crippen LogP contribution in [0, 0.1) is 5.92 Å². The minimum atomic E-state index is 0.874. The third-order valence-electron chi connectivity index (χ3n) is 4.99. The molecular weight excluding hydrogens is 256 g/mol. The molecule has 1 saturated heterocycles. The molecule has 2 fully saturated rings. The Hall–Kier alpha value is -0.860. The summed E-state index contributed by atoms with van der Waals surface area (Å²) >= 11 is 0. The van der Waals surface area contributed by atoms with Gasteiger partial charge in [0, 0.05) is 6.04 Å². The molecule has 0 aromatic heterocycles. The number of nitrogens with zero attached hydrogens (tertiary/aromatic N) is 1. The van der Waals surface area contributed by atoms with Crippen molar-refractivity contribution in [3.63, 3.8) is 0 Å². The molecule has 2 aliphatic rings. The van der Waals surface area contributed by atoms with E-state index in [2.05, 4.69) is 40.5 Å². The molecule has 2 nitrogen and oxygen atoms in total. The lowest BCUT2D eigenvalue weighted by molar-refractivity contribution is 0.181. The Morgan fingerprint density at radius 1 is 0.952 bits per heavy atom. The molecule has 1 aromatic rings. The number of hydrogen-bond donors (Lipinski definition) is 1. The Balaban J connectivity index is 1.26. The molecule has 2 heteroatoms.